The lowest BCUT2D eigenvalue weighted by atomic mass is 9.94. The summed E-state index contributed by atoms with van der Waals surface area (Å²) < 4.78 is 6.80. The van der Waals surface area contributed by atoms with Gasteiger partial charge in [0.15, 0.2) is 0 Å². The number of esters is 1. The van der Waals surface area contributed by atoms with Gasteiger partial charge in [0.25, 0.3) is 0 Å². The Bertz CT molecular complexity index is 245. The molecule has 1 aliphatic rings. The Morgan fingerprint density at radius 2 is 1.94 bits per heavy atom. The van der Waals surface area contributed by atoms with Crippen LogP contribution < -0.4 is 0 Å². The van der Waals surface area contributed by atoms with Crippen LogP contribution in [0, 0.1) is 11.8 Å². The van der Waals surface area contributed by atoms with Crippen molar-refractivity contribution < 1.29 is 9.53 Å². The summed E-state index contributed by atoms with van der Waals surface area (Å²) in [5.74, 6) is 0.705. The highest BCUT2D eigenvalue weighted by molar-refractivity contribution is 14.1. The monoisotopic (exact) mass is 352 g/mol. The second-order valence-electron chi connectivity index (χ2n) is 5.88. The van der Waals surface area contributed by atoms with Crippen molar-refractivity contribution >= 4 is 28.6 Å². The lowest BCUT2D eigenvalue weighted by molar-refractivity contribution is -0.163. The summed E-state index contributed by atoms with van der Waals surface area (Å²) in [5.41, 5.74) is -0.169. The second kappa shape index (κ2) is 6.95. The molecule has 3 heteroatoms. The third-order valence-corrected chi connectivity index (χ3v) is 4.18. The average molecular weight is 352 g/mol. The fourth-order valence-electron chi connectivity index (χ4n) is 2.58. The first-order valence-electron chi connectivity index (χ1n) is 6.75. The first-order valence-corrected chi connectivity index (χ1v) is 8.28. The van der Waals surface area contributed by atoms with Crippen LogP contribution >= 0.6 is 22.6 Å². The maximum Gasteiger partial charge on any atom is 0.309 e. The van der Waals surface area contributed by atoms with Gasteiger partial charge in [-0.25, -0.2) is 0 Å². The van der Waals surface area contributed by atoms with Crippen molar-refractivity contribution in [1.29, 1.82) is 0 Å². The summed E-state index contributed by atoms with van der Waals surface area (Å²) in [4.78, 5) is 12.2. The Balaban J connectivity index is 2.51. The van der Waals surface area contributed by atoms with Crippen LogP contribution in [-0.4, -0.2) is 16.0 Å². The standard InChI is InChI=1S/C14H25IO2/c1-11(2)10-12(6-9-15)13(16)17-14(3)7-4-5-8-14/h11-12H,4-10H2,1-3H3. The number of hydrogen-bond acceptors (Lipinski definition) is 2. The van der Waals surface area contributed by atoms with Gasteiger partial charge in [0.1, 0.15) is 5.60 Å². The van der Waals surface area contributed by atoms with E-state index in [0.29, 0.717) is 5.92 Å². The van der Waals surface area contributed by atoms with Gasteiger partial charge >= 0.3 is 5.97 Å². The van der Waals surface area contributed by atoms with E-state index in [0.717, 1.165) is 30.1 Å². The van der Waals surface area contributed by atoms with Gasteiger partial charge in [0, 0.05) is 4.43 Å². The zero-order valence-corrected chi connectivity index (χ0v) is 13.5. The third-order valence-electron chi connectivity index (χ3n) is 3.56. The number of carbonyl (C=O) groups excluding carboxylic acids is 1. The molecule has 0 aromatic rings. The van der Waals surface area contributed by atoms with E-state index in [1.54, 1.807) is 0 Å². The Labute approximate surface area is 119 Å². The molecule has 17 heavy (non-hydrogen) atoms. The van der Waals surface area contributed by atoms with Gasteiger partial charge < -0.3 is 4.74 Å². The molecule has 100 valence electrons. The van der Waals surface area contributed by atoms with Crippen LogP contribution in [0.2, 0.25) is 0 Å². The zero-order chi connectivity index (χ0) is 12.9. The van der Waals surface area contributed by atoms with Crippen molar-refractivity contribution in [2.45, 2.75) is 64.9 Å². The normalized spacial score (nSPS) is 20.5. The van der Waals surface area contributed by atoms with Gasteiger partial charge in [0.05, 0.1) is 5.92 Å². The quantitative estimate of drug-likeness (QED) is 0.404. The van der Waals surface area contributed by atoms with E-state index in [-0.39, 0.29) is 17.5 Å². The van der Waals surface area contributed by atoms with Gasteiger partial charge in [-0.3, -0.25) is 4.79 Å². The molecule has 0 aromatic heterocycles. The molecule has 0 radical (unpaired) electrons. The molecule has 1 rings (SSSR count). The number of rotatable bonds is 6. The Kier molecular flexibility index (Phi) is 6.24. The third kappa shape index (κ3) is 5.14. The van der Waals surface area contributed by atoms with Crippen molar-refractivity contribution in [3.05, 3.63) is 0 Å². The Hall–Kier alpha value is 0.200. The molecule has 0 aromatic carbocycles. The summed E-state index contributed by atoms with van der Waals surface area (Å²) in [6.07, 6.45) is 6.39. The van der Waals surface area contributed by atoms with Crippen LogP contribution in [0.15, 0.2) is 0 Å². The molecule has 0 amide bonds. The number of halogens is 1. The van der Waals surface area contributed by atoms with Gasteiger partial charge in [-0.05, 0) is 51.4 Å². The molecule has 0 bridgehead atoms. The molecule has 1 fully saturated rings. The molecule has 0 aliphatic heterocycles. The minimum atomic E-state index is -0.169. The number of carbonyl (C=O) groups is 1. The van der Waals surface area contributed by atoms with Gasteiger partial charge in [-0.1, -0.05) is 36.4 Å². The first-order chi connectivity index (χ1) is 7.97. The van der Waals surface area contributed by atoms with E-state index in [4.69, 9.17) is 4.74 Å². The second-order valence-corrected chi connectivity index (χ2v) is 6.96. The minimum absolute atomic E-state index is 0.0415. The molecule has 0 saturated heterocycles. The highest BCUT2D eigenvalue weighted by Crippen LogP contribution is 2.34. The molecule has 1 saturated carbocycles. The number of ether oxygens (including phenoxy) is 1. The molecule has 2 nitrogen and oxygen atoms in total. The first kappa shape index (κ1) is 15.3. The molecule has 1 aliphatic carbocycles. The molecular weight excluding hydrogens is 327 g/mol. The Morgan fingerprint density at radius 3 is 2.41 bits per heavy atom. The van der Waals surface area contributed by atoms with Crippen LogP contribution in [0.4, 0.5) is 0 Å². The predicted octanol–water partition coefficient (Wildman–Crippen LogP) is 4.35. The van der Waals surface area contributed by atoms with Crippen molar-refractivity contribution in [2.75, 3.05) is 4.43 Å². The smallest absolute Gasteiger partial charge is 0.309 e. The van der Waals surface area contributed by atoms with Gasteiger partial charge in [0.2, 0.25) is 0 Å². The summed E-state index contributed by atoms with van der Waals surface area (Å²) in [6, 6.07) is 0. The van der Waals surface area contributed by atoms with E-state index >= 15 is 0 Å². The lowest BCUT2D eigenvalue weighted by Gasteiger charge is -2.27. The highest BCUT2D eigenvalue weighted by atomic mass is 127. The van der Waals surface area contributed by atoms with Crippen LogP contribution in [0.1, 0.15) is 59.3 Å². The summed E-state index contributed by atoms with van der Waals surface area (Å²) >= 11 is 2.34. The fourth-order valence-corrected chi connectivity index (χ4v) is 3.34. The van der Waals surface area contributed by atoms with Crippen molar-refractivity contribution in [1.82, 2.24) is 0 Å². The van der Waals surface area contributed by atoms with E-state index in [1.807, 2.05) is 0 Å². The van der Waals surface area contributed by atoms with Crippen LogP contribution in [0.25, 0.3) is 0 Å². The molecule has 0 heterocycles. The van der Waals surface area contributed by atoms with Gasteiger partial charge in [-0.15, -0.1) is 0 Å². The van der Waals surface area contributed by atoms with E-state index in [2.05, 4.69) is 43.4 Å². The van der Waals surface area contributed by atoms with Crippen LogP contribution in [0.5, 0.6) is 0 Å². The summed E-state index contributed by atoms with van der Waals surface area (Å²) in [5, 5.41) is 0. The number of hydrogen-bond donors (Lipinski definition) is 0. The lowest BCUT2D eigenvalue weighted by Crippen LogP contribution is -2.32. The topological polar surface area (TPSA) is 26.3 Å². The molecule has 1 atom stereocenters. The molecule has 0 N–H and O–H groups in total. The Morgan fingerprint density at radius 1 is 1.35 bits per heavy atom. The largest absolute Gasteiger partial charge is 0.459 e. The molecular formula is C14H25IO2. The van der Waals surface area contributed by atoms with Crippen LogP contribution in [0.3, 0.4) is 0 Å². The van der Waals surface area contributed by atoms with Crippen molar-refractivity contribution in [3.8, 4) is 0 Å². The van der Waals surface area contributed by atoms with E-state index < -0.39 is 0 Å². The van der Waals surface area contributed by atoms with Crippen LogP contribution in [-0.2, 0) is 9.53 Å². The van der Waals surface area contributed by atoms with E-state index in [1.165, 1.54) is 12.8 Å². The van der Waals surface area contributed by atoms with Gasteiger partial charge in [-0.2, -0.15) is 0 Å². The zero-order valence-electron chi connectivity index (χ0n) is 11.3. The minimum Gasteiger partial charge on any atom is -0.459 e. The van der Waals surface area contributed by atoms with Crippen molar-refractivity contribution in [3.63, 3.8) is 0 Å². The highest BCUT2D eigenvalue weighted by Gasteiger charge is 2.34. The number of alkyl halides is 1. The van der Waals surface area contributed by atoms with E-state index in [9.17, 15) is 4.79 Å². The molecule has 0 spiro atoms. The fraction of sp³-hybridized carbons (Fsp3) is 0.929. The van der Waals surface area contributed by atoms with Crippen molar-refractivity contribution in [2.24, 2.45) is 11.8 Å². The average Bonchev–Trinajstić information content (AvgIpc) is 2.63. The summed E-state index contributed by atoms with van der Waals surface area (Å²) in [7, 11) is 0. The molecule has 1 unspecified atom stereocenters. The maximum atomic E-state index is 12.2. The SMILES string of the molecule is CC(C)CC(CCI)C(=O)OC1(C)CCCC1. The summed E-state index contributed by atoms with van der Waals surface area (Å²) in [6.45, 7) is 6.43. The maximum absolute atomic E-state index is 12.2. The predicted molar refractivity (Wildman–Crippen MR) is 79.4 cm³/mol.